The van der Waals surface area contributed by atoms with Crippen LogP contribution in [0.15, 0.2) is 0 Å². The molecule has 0 aliphatic carbocycles. The molecule has 1 saturated heterocycles. The van der Waals surface area contributed by atoms with Crippen LogP contribution in [0.25, 0.3) is 0 Å². The van der Waals surface area contributed by atoms with Gasteiger partial charge in [0.05, 0.1) is 37.5 Å². The SMILES string of the molecule is CC(CCC1CCN([NH+]=O)CC1)(COC(C)(C)C)COC(C)(C)C.[Cl-]. The van der Waals surface area contributed by atoms with Gasteiger partial charge in [0.15, 0.2) is 0 Å². The number of ether oxygens (including phenoxy) is 2. The number of hydrogen-bond donors (Lipinski definition) is 1. The zero-order valence-corrected chi connectivity index (χ0v) is 18.0. The fraction of sp³-hybridized carbons (Fsp3) is 1.00. The first-order chi connectivity index (χ1) is 10.9. The molecule has 1 aliphatic rings. The van der Waals surface area contributed by atoms with E-state index in [1.165, 1.54) is 6.42 Å². The second-order valence-electron chi connectivity index (χ2n) is 9.67. The zero-order valence-electron chi connectivity index (χ0n) is 17.3. The number of halogens is 1. The van der Waals surface area contributed by atoms with Crippen molar-refractivity contribution in [1.82, 2.24) is 5.01 Å². The third-order valence-electron chi connectivity index (χ3n) is 4.61. The Hall–Kier alpha value is -0.390. The summed E-state index contributed by atoms with van der Waals surface area (Å²) in [6, 6.07) is 0. The fourth-order valence-electron chi connectivity index (χ4n) is 2.83. The Morgan fingerprint density at radius 1 is 0.920 bits per heavy atom. The summed E-state index contributed by atoms with van der Waals surface area (Å²) < 4.78 is 12.2. The van der Waals surface area contributed by atoms with E-state index in [9.17, 15) is 4.91 Å². The van der Waals surface area contributed by atoms with Crippen LogP contribution in [0.1, 0.15) is 74.1 Å². The highest BCUT2D eigenvalue weighted by Gasteiger charge is 2.31. The second kappa shape index (κ2) is 10.1. The molecule has 0 atom stereocenters. The Bertz CT molecular complexity index is 365. The van der Waals surface area contributed by atoms with Crippen molar-refractivity contribution in [2.45, 2.75) is 85.4 Å². The van der Waals surface area contributed by atoms with Gasteiger partial charge < -0.3 is 21.9 Å². The first kappa shape index (κ1) is 24.6. The molecular weight excluding hydrogens is 340 g/mol. The molecule has 0 aromatic heterocycles. The minimum atomic E-state index is -0.131. The number of nitroso groups, excluding NO2 is 1. The van der Waals surface area contributed by atoms with E-state index in [2.05, 4.69) is 48.5 Å². The maximum Gasteiger partial charge on any atom is 0.102 e. The minimum Gasteiger partial charge on any atom is -1.00 e. The van der Waals surface area contributed by atoms with Crippen molar-refractivity contribution < 1.29 is 27.2 Å². The van der Waals surface area contributed by atoms with Crippen LogP contribution in [0.4, 0.5) is 0 Å². The third kappa shape index (κ3) is 11.0. The van der Waals surface area contributed by atoms with E-state index in [4.69, 9.17) is 9.47 Å². The molecule has 0 spiro atoms. The maximum absolute atomic E-state index is 10.7. The van der Waals surface area contributed by atoms with E-state index in [0.717, 1.165) is 32.4 Å². The summed E-state index contributed by atoms with van der Waals surface area (Å²) in [5.74, 6) is 0.693. The highest BCUT2D eigenvalue weighted by molar-refractivity contribution is 4.80. The molecule has 5 nitrogen and oxygen atoms in total. The molecule has 0 aromatic rings. The largest absolute Gasteiger partial charge is 1.00 e. The maximum atomic E-state index is 10.7. The monoisotopic (exact) mass is 378 g/mol. The van der Waals surface area contributed by atoms with Crippen LogP contribution in [0, 0.1) is 16.2 Å². The topological polar surface area (TPSA) is 52.7 Å². The Morgan fingerprint density at radius 2 is 1.36 bits per heavy atom. The molecule has 150 valence electrons. The van der Waals surface area contributed by atoms with Crippen molar-refractivity contribution in [3.8, 4) is 0 Å². The molecule has 1 N–H and O–H groups in total. The van der Waals surface area contributed by atoms with Crippen molar-refractivity contribution in [3.63, 3.8) is 0 Å². The smallest absolute Gasteiger partial charge is 0.102 e. The van der Waals surface area contributed by atoms with Gasteiger partial charge in [0.2, 0.25) is 0 Å². The van der Waals surface area contributed by atoms with E-state index in [-0.39, 0.29) is 29.0 Å². The van der Waals surface area contributed by atoms with Gasteiger partial charge in [0, 0.05) is 10.3 Å². The van der Waals surface area contributed by atoms with Gasteiger partial charge in [-0.2, -0.15) is 0 Å². The highest BCUT2D eigenvalue weighted by atomic mass is 35.5. The van der Waals surface area contributed by atoms with Crippen LogP contribution in [-0.4, -0.2) is 42.5 Å². The van der Waals surface area contributed by atoms with Crippen molar-refractivity contribution in [3.05, 3.63) is 4.91 Å². The standard InChI is InChI=1S/C19H38N2O3.ClH/c1-17(2,3)23-14-19(7,15-24-18(4,5)6)11-8-16-9-12-21(20-22)13-10-16;/h16H,8-15H2,1-7H3;1H. The quantitative estimate of drug-likeness (QED) is 0.640. The Morgan fingerprint density at radius 3 is 1.72 bits per heavy atom. The Labute approximate surface area is 160 Å². The summed E-state index contributed by atoms with van der Waals surface area (Å²) in [7, 11) is 0. The number of hydrogen-bond acceptors (Lipinski definition) is 3. The summed E-state index contributed by atoms with van der Waals surface area (Å²) >= 11 is 0. The molecule has 1 fully saturated rings. The molecule has 1 aliphatic heterocycles. The highest BCUT2D eigenvalue weighted by Crippen LogP contribution is 2.32. The van der Waals surface area contributed by atoms with Crippen LogP contribution < -0.4 is 17.7 Å². The molecule has 1 heterocycles. The molecule has 0 radical (unpaired) electrons. The summed E-state index contributed by atoms with van der Waals surface area (Å²) in [5, 5.41) is 3.78. The van der Waals surface area contributed by atoms with Gasteiger partial charge in [-0.1, -0.05) is 6.92 Å². The second-order valence-corrected chi connectivity index (χ2v) is 9.67. The predicted molar refractivity (Wildman–Crippen MR) is 97.4 cm³/mol. The van der Waals surface area contributed by atoms with Crippen molar-refractivity contribution in [1.29, 1.82) is 0 Å². The summed E-state index contributed by atoms with van der Waals surface area (Å²) in [6.45, 7) is 18.0. The first-order valence-corrected chi connectivity index (χ1v) is 9.33. The van der Waals surface area contributed by atoms with E-state index in [0.29, 0.717) is 19.1 Å². The number of piperidine rings is 1. The van der Waals surface area contributed by atoms with Gasteiger partial charge in [-0.15, -0.1) is 5.01 Å². The van der Waals surface area contributed by atoms with Crippen LogP contribution in [0.5, 0.6) is 0 Å². The number of nitrogens with zero attached hydrogens (tertiary/aromatic N) is 1. The van der Waals surface area contributed by atoms with Crippen molar-refractivity contribution in [2.24, 2.45) is 11.3 Å². The van der Waals surface area contributed by atoms with Crippen LogP contribution >= 0.6 is 0 Å². The molecule has 0 aromatic carbocycles. The average Bonchev–Trinajstić information content (AvgIpc) is 2.48. The molecule has 0 saturated carbocycles. The molecule has 25 heavy (non-hydrogen) atoms. The number of rotatable bonds is 8. The lowest BCUT2D eigenvalue weighted by Crippen LogP contribution is -3.00. The predicted octanol–water partition coefficient (Wildman–Crippen LogP) is -0.119. The molecule has 1 rings (SSSR count). The zero-order chi connectivity index (χ0) is 18.4. The minimum absolute atomic E-state index is 0. The molecule has 0 bridgehead atoms. The van der Waals surface area contributed by atoms with Gasteiger partial charge in [0.1, 0.15) is 5.29 Å². The molecular formula is C19H39ClN2O3. The lowest BCUT2D eigenvalue weighted by Gasteiger charge is -2.36. The Balaban J connectivity index is 0.00000576. The van der Waals surface area contributed by atoms with Crippen molar-refractivity contribution in [2.75, 3.05) is 26.3 Å². The van der Waals surface area contributed by atoms with Gasteiger partial charge in [-0.25, -0.2) is 0 Å². The molecule has 0 amide bonds. The Kier molecular flexibility index (Phi) is 9.92. The van der Waals surface area contributed by atoms with Gasteiger partial charge >= 0.3 is 0 Å². The van der Waals surface area contributed by atoms with Crippen LogP contribution in [0.3, 0.4) is 0 Å². The number of nitrogens with one attached hydrogen (secondary N) is 1. The first-order valence-electron chi connectivity index (χ1n) is 9.33. The van der Waals surface area contributed by atoms with Crippen LogP contribution in [0.2, 0.25) is 0 Å². The van der Waals surface area contributed by atoms with E-state index < -0.39 is 0 Å². The summed E-state index contributed by atoms with van der Waals surface area (Å²) in [6.07, 6.45) is 4.44. The van der Waals surface area contributed by atoms with Crippen LogP contribution in [-0.2, 0) is 9.47 Å². The summed E-state index contributed by atoms with van der Waals surface area (Å²) in [5.41, 5.74) is -0.239. The number of hydrazine groups is 1. The van der Waals surface area contributed by atoms with Crippen molar-refractivity contribution >= 4 is 0 Å². The lowest BCUT2D eigenvalue weighted by atomic mass is 9.81. The fourth-order valence-corrected chi connectivity index (χ4v) is 2.83. The van der Waals surface area contributed by atoms with Gasteiger partial charge in [-0.05, 0) is 73.1 Å². The van der Waals surface area contributed by atoms with E-state index in [1.807, 2.05) is 5.29 Å². The van der Waals surface area contributed by atoms with Gasteiger partial charge in [0.25, 0.3) is 0 Å². The molecule has 0 unspecified atom stereocenters. The average molecular weight is 379 g/mol. The van der Waals surface area contributed by atoms with Gasteiger partial charge in [-0.3, -0.25) is 0 Å². The lowest BCUT2D eigenvalue weighted by molar-refractivity contribution is -0.666. The third-order valence-corrected chi connectivity index (χ3v) is 4.61. The van der Waals surface area contributed by atoms with E-state index >= 15 is 0 Å². The van der Waals surface area contributed by atoms with E-state index in [1.54, 1.807) is 5.01 Å². The molecule has 6 heteroatoms. The summed E-state index contributed by atoms with van der Waals surface area (Å²) in [4.78, 5) is 10.7. The normalized spacial score (nSPS) is 17.3.